The van der Waals surface area contributed by atoms with Crippen molar-refractivity contribution in [2.75, 3.05) is 25.5 Å². The second kappa shape index (κ2) is 5.54. The Kier molecular flexibility index (Phi) is 4.20. The van der Waals surface area contributed by atoms with Crippen LogP contribution in [0, 0.1) is 0 Å². The quantitative estimate of drug-likeness (QED) is 0.738. The zero-order chi connectivity index (χ0) is 14.0. The molecule has 19 heavy (non-hydrogen) atoms. The summed E-state index contributed by atoms with van der Waals surface area (Å²) in [6.07, 6.45) is 0.497. The van der Waals surface area contributed by atoms with E-state index in [4.69, 9.17) is 33.7 Å². The fraction of sp³-hybridized carbons (Fsp3) is 0.417. The first kappa shape index (κ1) is 14.4. The van der Waals surface area contributed by atoms with Gasteiger partial charge in [0.25, 0.3) is 5.91 Å². The van der Waals surface area contributed by atoms with Gasteiger partial charge >= 0.3 is 0 Å². The number of hydrogen-bond donors (Lipinski definition) is 3. The Balaban J connectivity index is 2.04. The summed E-state index contributed by atoms with van der Waals surface area (Å²) in [5, 5.41) is 13.1. The topological polar surface area (TPSA) is 84.6 Å². The molecule has 0 saturated carbocycles. The molecule has 1 aromatic carbocycles. The zero-order valence-corrected chi connectivity index (χ0v) is 11.6. The van der Waals surface area contributed by atoms with Crippen molar-refractivity contribution < 1.29 is 14.6 Å². The van der Waals surface area contributed by atoms with E-state index in [0.29, 0.717) is 18.6 Å². The lowest BCUT2D eigenvalue weighted by Crippen LogP contribution is -2.43. The summed E-state index contributed by atoms with van der Waals surface area (Å²) in [6.45, 7) is 0.828. The third-order valence-electron chi connectivity index (χ3n) is 2.98. The Morgan fingerprint density at radius 1 is 1.53 bits per heavy atom. The Labute approximate surface area is 120 Å². The number of halogens is 2. The number of rotatable bonds is 3. The highest BCUT2D eigenvalue weighted by Crippen LogP contribution is 2.29. The number of ether oxygens (including phenoxy) is 1. The molecule has 1 heterocycles. The third-order valence-corrected chi connectivity index (χ3v) is 3.80. The molecule has 0 radical (unpaired) electrons. The Bertz CT molecular complexity index is 479. The van der Waals surface area contributed by atoms with E-state index in [1.54, 1.807) is 0 Å². The number of benzene rings is 1. The summed E-state index contributed by atoms with van der Waals surface area (Å²) in [4.78, 5) is 11.9. The van der Waals surface area contributed by atoms with Gasteiger partial charge in [-0.1, -0.05) is 23.2 Å². The SMILES string of the molecule is Nc1cc(C(=O)NCC2(O)CCOC2)cc(Cl)c1Cl. The number of nitrogens with two attached hydrogens (primary N) is 1. The lowest BCUT2D eigenvalue weighted by molar-refractivity contribution is 0.0264. The van der Waals surface area contributed by atoms with Crippen LogP contribution in [0.25, 0.3) is 0 Å². The molecule has 1 aromatic rings. The molecule has 1 aliphatic rings. The van der Waals surface area contributed by atoms with Gasteiger partial charge in [0, 0.05) is 25.1 Å². The summed E-state index contributed by atoms with van der Waals surface area (Å²) in [5.41, 5.74) is 5.17. The van der Waals surface area contributed by atoms with Crippen LogP contribution >= 0.6 is 23.2 Å². The van der Waals surface area contributed by atoms with Gasteiger partial charge in [0.2, 0.25) is 0 Å². The van der Waals surface area contributed by atoms with Gasteiger partial charge in [0.15, 0.2) is 0 Å². The van der Waals surface area contributed by atoms with E-state index in [9.17, 15) is 9.90 Å². The monoisotopic (exact) mass is 304 g/mol. The van der Waals surface area contributed by atoms with Crippen LogP contribution in [-0.4, -0.2) is 36.4 Å². The molecule has 0 aliphatic carbocycles. The Hall–Kier alpha value is -1.01. The molecule has 104 valence electrons. The van der Waals surface area contributed by atoms with Gasteiger partial charge in [-0.3, -0.25) is 4.79 Å². The fourth-order valence-corrected chi connectivity index (χ4v) is 2.16. The van der Waals surface area contributed by atoms with Crippen LogP contribution in [0.2, 0.25) is 10.0 Å². The van der Waals surface area contributed by atoms with E-state index in [2.05, 4.69) is 5.32 Å². The number of anilines is 1. The standard InChI is InChI=1S/C12H14Cl2N2O3/c13-8-3-7(4-9(15)10(8)14)11(17)16-5-12(18)1-2-19-6-12/h3-4,18H,1-2,5-6,15H2,(H,16,17). The van der Waals surface area contributed by atoms with Crippen LogP contribution in [-0.2, 0) is 4.74 Å². The highest BCUT2D eigenvalue weighted by molar-refractivity contribution is 6.43. The molecule has 0 bridgehead atoms. The minimum atomic E-state index is -1.00. The molecule has 0 aromatic heterocycles. The van der Waals surface area contributed by atoms with Crippen molar-refractivity contribution in [3.63, 3.8) is 0 Å². The number of amides is 1. The van der Waals surface area contributed by atoms with Crippen molar-refractivity contribution in [3.8, 4) is 0 Å². The number of nitrogens with one attached hydrogen (secondary N) is 1. The zero-order valence-electron chi connectivity index (χ0n) is 10.1. The lowest BCUT2D eigenvalue weighted by Gasteiger charge is -2.20. The summed E-state index contributed by atoms with van der Waals surface area (Å²) in [5.74, 6) is -0.370. The molecule has 1 fully saturated rings. The van der Waals surface area contributed by atoms with Crippen molar-refractivity contribution in [1.29, 1.82) is 0 Å². The van der Waals surface area contributed by atoms with E-state index in [-0.39, 0.29) is 34.8 Å². The van der Waals surface area contributed by atoms with Crippen LogP contribution in [0.4, 0.5) is 5.69 Å². The fourth-order valence-electron chi connectivity index (χ4n) is 1.82. The predicted molar refractivity (Wildman–Crippen MR) is 73.6 cm³/mol. The predicted octanol–water partition coefficient (Wildman–Crippen LogP) is 1.46. The lowest BCUT2D eigenvalue weighted by atomic mass is 10.0. The highest BCUT2D eigenvalue weighted by Gasteiger charge is 2.32. The molecule has 1 aliphatic heterocycles. The number of hydrogen-bond acceptors (Lipinski definition) is 4. The number of carbonyl (C=O) groups excluding carboxylic acids is 1. The molecule has 1 unspecified atom stereocenters. The van der Waals surface area contributed by atoms with Gasteiger partial charge in [0.1, 0.15) is 5.60 Å². The van der Waals surface area contributed by atoms with Crippen molar-refractivity contribution >= 4 is 34.8 Å². The first-order valence-electron chi connectivity index (χ1n) is 5.74. The largest absolute Gasteiger partial charge is 0.397 e. The van der Waals surface area contributed by atoms with E-state index in [1.807, 2.05) is 0 Å². The second-order valence-corrected chi connectivity index (χ2v) is 5.36. The summed E-state index contributed by atoms with van der Waals surface area (Å²) in [7, 11) is 0. The van der Waals surface area contributed by atoms with Crippen molar-refractivity contribution in [3.05, 3.63) is 27.7 Å². The summed E-state index contributed by atoms with van der Waals surface area (Å²) >= 11 is 11.7. The van der Waals surface area contributed by atoms with Crippen LogP contribution in [0.3, 0.4) is 0 Å². The highest BCUT2D eigenvalue weighted by atomic mass is 35.5. The molecule has 1 saturated heterocycles. The van der Waals surface area contributed by atoms with Crippen molar-refractivity contribution in [2.45, 2.75) is 12.0 Å². The molecule has 4 N–H and O–H groups in total. The van der Waals surface area contributed by atoms with Crippen LogP contribution in [0.5, 0.6) is 0 Å². The molecule has 2 rings (SSSR count). The average Bonchev–Trinajstić information content (AvgIpc) is 2.80. The minimum absolute atomic E-state index is 0.117. The molecular weight excluding hydrogens is 291 g/mol. The Morgan fingerprint density at radius 3 is 2.84 bits per heavy atom. The van der Waals surface area contributed by atoms with Crippen molar-refractivity contribution in [1.82, 2.24) is 5.32 Å². The molecule has 1 atom stereocenters. The maximum atomic E-state index is 11.9. The van der Waals surface area contributed by atoms with Crippen molar-refractivity contribution in [2.24, 2.45) is 0 Å². The van der Waals surface area contributed by atoms with Gasteiger partial charge < -0.3 is 20.9 Å². The van der Waals surface area contributed by atoms with Crippen LogP contribution < -0.4 is 11.1 Å². The molecule has 0 spiro atoms. The smallest absolute Gasteiger partial charge is 0.251 e. The molecule has 5 nitrogen and oxygen atoms in total. The van der Waals surface area contributed by atoms with E-state index in [0.717, 1.165) is 0 Å². The number of aliphatic hydroxyl groups is 1. The number of nitrogen functional groups attached to an aromatic ring is 1. The maximum absolute atomic E-state index is 11.9. The van der Waals surface area contributed by atoms with Gasteiger partial charge in [-0.05, 0) is 12.1 Å². The first-order valence-corrected chi connectivity index (χ1v) is 6.50. The first-order chi connectivity index (χ1) is 8.91. The van der Waals surface area contributed by atoms with Gasteiger partial charge in [-0.15, -0.1) is 0 Å². The normalized spacial score (nSPS) is 22.5. The molecule has 7 heteroatoms. The summed E-state index contributed by atoms with van der Waals surface area (Å²) in [6, 6.07) is 2.88. The molecular formula is C12H14Cl2N2O3. The maximum Gasteiger partial charge on any atom is 0.251 e. The Morgan fingerprint density at radius 2 is 2.26 bits per heavy atom. The van der Waals surface area contributed by atoms with Gasteiger partial charge in [-0.25, -0.2) is 0 Å². The third kappa shape index (κ3) is 3.30. The van der Waals surface area contributed by atoms with E-state index >= 15 is 0 Å². The van der Waals surface area contributed by atoms with Gasteiger partial charge in [-0.2, -0.15) is 0 Å². The van der Waals surface area contributed by atoms with E-state index in [1.165, 1.54) is 12.1 Å². The van der Waals surface area contributed by atoms with Gasteiger partial charge in [0.05, 0.1) is 22.3 Å². The minimum Gasteiger partial charge on any atom is -0.397 e. The van der Waals surface area contributed by atoms with E-state index < -0.39 is 5.60 Å². The van der Waals surface area contributed by atoms with Crippen LogP contribution in [0.15, 0.2) is 12.1 Å². The average molecular weight is 305 g/mol. The molecule has 1 amide bonds. The number of carbonyl (C=O) groups is 1. The van der Waals surface area contributed by atoms with Crippen LogP contribution in [0.1, 0.15) is 16.8 Å². The second-order valence-electron chi connectivity index (χ2n) is 4.57. The summed E-state index contributed by atoms with van der Waals surface area (Å²) < 4.78 is 5.09.